The molecule has 0 unspecified atom stereocenters. The SMILES string of the molecule is COc1cccc2c(NC3CCC(C(=O)O)CC3)cc(C)nc12. The monoisotopic (exact) mass is 314 g/mol. The standard InChI is InChI=1S/C18H22N2O3/c1-11-10-15(14-4-3-5-16(23-2)17(14)19-11)20-13-8-6-12(7-9-13)18(21)22/h3-5,10,12-13H,6-9H2,1-2H3,(H,19,20)(H,21,22). The van der Waals surface area contributed by atoms with Gasteiger partial charge in [-0.25, -0.2) is 4.98 Å². The minimum atomic E-state index is -0.668. The molecule has 1 saturated carbocycles. The topological polar surface area (TPSA) is 71.5 Å². The fourth-order valence-corrected chi connectivity index (χ4v) is 3.34. The number of carboxylic acid groups (broad SMARTS) is 1. The molecule has 122 valence electrons. The zero-order chi connectivity index (χ0) is 16.4. The fraction of sp³-hybridized carbons (Fsp3) is 0.444. The van der Waals surface area contributed by atoms with Gasteiger partial charge in [0, 0.05) is 22.8 Å². The molecule has 1 aliphatic carbocycles. The number of hydrogen-bond acceptors (Lipinski definition) is 4. The first-order valence-electron chi connectivity index (χ1n) is 8.02. The molecule has 5 nitrogen and oxygen atoms in total. The molecule has 2 aromatic rings. The minimum absolute atomic E-state index is 0.191. The molecular formula is C18H22N2O3. The fourth-order valence-electron chi connectivity index (χ4n) is 3.34. The lowest BCUT2D eigenvalue weighted by Crippen LogP contribution is -2.29. The average molecular weight is 314 g/mol. The number of benzene rings is 1. The van der Waals surface area contributed by atoms with E-state index in [1.807, 2.05) is 31.2 Å². The number of carboxylic acids is 1. The van der Waals surface area contributed by atoms with Gasteiger partial charge in [0.15, 0.2) is 0 Å². The Morgan fingerprint density at radius 3 is 2.70 bits per heavy atom. The Bertz CT molecular complexity index is 722. The summed E-state index contributed by atoms with van der Waals surface area (Å²) in [7, 11) is 1.65. The van der Waals surface area contributed by atoms with Gasteiger partial charge >= 0.3 is 5.97 Å². The third kappa shape index (κ3) is 3.23. The highest BCUT2D eigenvalue weighted by molar-refractivity contribution is 5.95. The molecule has 1 fully saturated rings. The molecule has 1 aromatic heterocycles. The molecule has 0 radical (unpaired) electrons. The molecule has 23 heavy (non-hydrogen) atoms. The van der Waals surface area contributed by atoms with E-state index in [4.69, 9.17) is 9.84 Å². The summed E-state index contributed by atoms with van der Waals surface area (Å²) in [6, 6.07) is 8.27. The zero-order valence-electron chi connectivity index (χ0n) is 13.5. The highest BCUT2D eigenvalue weighted by atomic mass is 16.5. The number of hydrogen-bond donors (Lipinski definition) is 2. The van der Waals surface area contributed by atoms with Crippen molar-refractivity contribution >= 4 is 22.6 Å². The summed E-state index contributed by atoms with van der Waals surface area (Å²) < 4.78 is 5.41. The Hall–Kier alpha value is -2.30. The van der Waals surface area contributed by atoms with E-state index in [2.05, 4.69) is 10.3 Å². The lowest BCUT2D eigenvalue weighted by Gasteiger charge is -2.28. The van der Waals surface area contributed by atoms with Gasteiger partial charge in [-0.05, 0) is 44.7 Å². The van der Waals surface area contributed by atoms with E-state index in [9.17, 15) is 4.79 Å². The summed E-state index contributed by atoms with van der Waals surface area (Å²) >= 11 is 0. The molecule has 0 bridgehead atoms. The first-order valence-corrected chi connectivity index (χ1v) is 8.02. The Morgan fingerprint density at radius 1 is 1.30 bits per heavy atom. The predicted octanol–water partition coefficient (Wildman–Crippen LogP) is 3.61. The van der Waals surface area contributed by atoms with Crippen LogP contribution in [0.4, 0.5) is 5.69 Å². The van der Waals surface area contributed by atoms with Crippen LogP contribution in [-0.4, -0.2) is 29.2 Å². The highest BCUT2D eigenvalue weighted by Gasteiger charge is 2.26. The number of para-hydroxylation sites is 1. The molecular weight excluding hydrogens is 292 g/mol. The van der Waals surface area contributed by atoms with E-state index in [-0.39, 0.29) is 5.92 Å². The number of aromatic nitrogens is 1. The van der Waals surface area contributed by atoms with Crippen molar-refractivity contribution in [2.75, 3.05) is 12.4 Å². The number of aryl methyl sites for hydroxylation is 1. The van der Waals surface area contributed by atoms with Gasteiger partial charge in [0.25, 0.3) is 0 Å². The molecule has 1 aliphatic rings. The molecule has 3 rings (SSSR count). The molecule has 0 saturated heterocycles. The van der Waals surface area contributed by atoms with Crippen LogP contribution in [0.2, 0.25) is 0 Å². The van der Waals surface area contributed by atoms with Crippen molar-refractivity contribution in [2.24, 2.45) is 5.92 Å². The van der Waals surface area contributed by atoms with E-state index in [0.29, 0.717) is 6.04 Å². The number of rotatable bonds is 4. The predicted molar refractivity (Wildman–Crippen MR) is 90.0 cm³/mol. The maximum Gasteiger partial charge on any atom is 0.306 e. The molecule has 0 spiro atoms. The summed E-state index contributed by atoms with van der Waals surface area (Å²) in [6.45, 7) is 1.97. The molecule has 1 aromatic carbocycles. The van der Waals surface area contributed by atoms with Crippen LogP contribution >= 0.6 is 0 Å². The van der Waals surface area contributed by atoms with Gasteiger partial charge in [-0.3, -0.25) is 4.79 Å². The van der Waals surface area contributed by atoms with Crippen LogP contribution in [0.5, 0.6) is 5.75 Å². The molecule has 0 atom stereocenters. The first-order chi connectivity index (χ1) is 11.1. The molecule has 0 amide bonds. The molecule has 2 N–H and O–H groups in total. The second kappa shape index (κ2) is 6.44. The van der Waals surface area contributed by atoms with E-state index in [0.717, 1.165) is 53.7 Å². The first kappa shape index (κ1) is 15.6. The Labute approximate surface area is 135 Å². The van der Waals surface area contributed by atoms with Crippen LogP contribution in [-0.2, 0) is 4.79 Å². The lowest BCUT2D eigenvalue weighted by atomic mass is 9.86. The number of nitrogens with one attached hydrogen (secondary N) is 1. The zero-order valence-corrected chi connectivity index (χ0v) is 13.5. The van der Waals surface area contributed by atoms with E-state index >= 15 is 0 Å². The molecule has 0 aliphatic heterocycles. The van der Waals surface area contributed by atoms with Crippen LogP contribution in [0.25, 0.3) is 10.9 Å². The number of fused-ring (bicyclic) bond motifs is 1. The van der Waals surface area contributed by atoms with E-state index < -0.39 is 5.97 Å². The molecule has 1 heterocycles. The van der Waals surface area contributed by atoms with Crippen LogP contribution in [0.1, 0.15) is 31.4 Å². The van der Waals surface area contributed by atoms with Gasteiger partial charge in [-0.2, -0.15) is 0 Å². The summed E-state index contributed by atoms with van der Waals surface area (Å²) in [6.07, 6.45) is 3.23. The van der Waals surface area contributed by atoms with Crippen molar-refractivity contribution in [3.63, 3.8) is 0 Å². The summed E-state index contributed by atoms with van der Waals surface area (Å²) in [5, 5.41) is 13.7. The third-order valence-corrected chi connectivity index (χ3v) is 4.59. The number of ether oxygens (including phenoxy) is 1. The largest absolute Gasteiger partial charge is 0.494 e. The quantitative estimate of drug-likeness (QED) is 0.902. The van der Waals surface area contributed by atoms with Gasteiger partial charge in [0.2, 0.25) is 0 Å². The van der Waals surface area contributed by atoms with Gasteiger partial charge in [0.1, 0.15) is 11.3 Å². The van der Waals surface area contributed by atoms with Gasteiger partial charge in [-0.1, -0.05) is 12.1 Å². The number of pyridine rings is 1. The number of carbonyl (C=O) groups is 1. The second-order valence-electron chi connectivity index (χ2n) is 6.20. The van der Waals surface area contributed by atoms with Crippen LogP contribution in [0.3, 0.4) is 0 Å². The molecule has 5 heteroatoms. The average Bonchev–Trinajstić information content (AvgIpc) is 2.54. The maximum atomic E-state index is 11.1. The van der Waals surface area contributed by atoms with Crippen molar-refractivity contribution in [1.29, 1.82) is 0 Å². The van der Waals surface area contributed by atoms with Crippen molar-refractivity contribution in [1.82, 2.24) is 4.98 Å². The van der Waals surface area contributed by atoms with E-state index in [1.165, 1.54) is 0 Å². The number of methoxy groups -OCH3 is 1. The minimum Gasteiger partial charge on any atom is -0.494 e. The van der Waals surface area contributed by atoms with Crippen molar-refractivity contribution in [2.45, 2.75) is 38.6 Å². The van der Waals surface area contributed by atoms with Crippen molar-refractivity contribution in [3.05, 3.63) is 30.0 Å². The number of nitrogens with zero attached hydrogens (tertiary/aromatic N) is 1. The Kier molecular flexibility index (Phi) is 4.37. The maximum absolute atomic E-state index is 11.1. The number of aliphatic carboxylic acids is 1. The van der Waals surface area contributed by atoms with Gasteiger partial charge in [0.05, 0.1) is 13.0 Å². The smallest absolute Gasteiger partial charge is 0.306 e. The van der Waals surface area contributed by atoms with Crippen molar-refractivity contribution in [3.8, 4) is 5.75 Å². The summed E-state index contributed by atoms with van der Waals surface area (Å²) in [5.74, 6) is -0.0914. The third-order valence-electron chi connectivity index (χ3n) is 4.59. The number of anilines is 1. The van der Waals surface area contributed by atoms with Crippen LogP contribution in [0, 0.1) is 12.8 Å². The summed E-state index contributed by atoms with van der Waals surface area (Å²) in [4.78, 5) is 15.7. The van der Waals surface area contributed by atoms with Crippen LogP contribution in [0.15, 0.2) is 24.3 Å². The van der Waals surface area contributed by atoms with Gasteiger partial charge < -0.3 is 15.2 Å². The van der Waals surface area contributed by atoms with E-state index in [1.54, 1.807) is 7.11 Å². The van der Waals surface area contributed by atoms with Gasteiger partial charge in [-0.15, -0.1) is 0 Å². The Balaban J connectivity index is 1.85. The normalized spacial score (nSPS) is 21.1. The Morgan fingerprint density at radius 2 is 2.04 bits per heavy atom. The van der Waals surface area contributed by atoms with Crippen LogP contribution < -0.4 is 10.1 Å². The highest BCUT2D eigenvalue weighted by Crippen LogP contribution is 2.32. The lowest BCUT2D eigenvalue weighted by molar-refractivity contribution is -0.142. The second-order valence-corrected chi connectivity index (χ2v) is 6.20. The van der Waals surface area contributed by atoms with Crippen molar-refractivity contribution < 1.29 is 14.6 Å². The summed E-state index contributed by atoms with van der Waals surface area (Å²) in [5.41, 5.74) is 2.84.